The standard InChI is InChI=1S/C22H27FN4O/c23-20-6-1-2-7-21(20)26-13-15-27(16-14-26)22(28)18-8-11-25(12-9-18)17-19-5-3-4-10-24-19/h1-7,10,18H,8-9,11-17H2. The van der Waals surface area contributed by atoms with Crippen LogP contribution in [0, 0.1) is 11.7 Å². The highest BCUT2D eigenvalue weighted by Gasteiger charge is 2.30. The Bertz CT molecular complexity index is 784. The zero-order chi connectivity index (χ0) is 19.3. The van der Waals surface area contributed by atoms with Gasteiger partial charge in [-0.1, -0.05) is 18.2 Å². The molecule has 148 valence electrons. The van der Waals surface area contributed by atoms with Crippen LogP contribution in [-0.2, 0) is 11.3 Å². The van der Waals surface area contributed by atoms with E-state index >= 15 is 0 Å². The van der Waals surface area contributed by atoms with Crippen LogP contribution in [0.5, 0.6) is 0 Å². The molecule has 3 heterocycles. The van der Waals surface area contributed by atoms with E-state index in [4.69, 9.17) is 0 Å². The van der Waals surface area contributed by atoms with Crippen LogP contribution in [0.25, 0.3) is 0 Å². The van der Waals surface area contributed by atoms with Crippen molar-refractivity contribution in [2.75, 3.05) is 44.2 Å². The summed E-state index contributed by atoms with van der Waals surface area (Å²) >= 11 is 0. The summed E-state index contributed by atoms with van der Waals surface area (Å²) in [5.74, 6) is 0.188. The number of para-hydroxylation sites is 1. The number of carbonyl (C=O) groups excluding carboxylic acids is 1. The number of hydrogen-bond donors (Lipinski definition) is 0. The summed E-state index contributed by atoms with van der Waals surface area (Å²) in [4.78, 5) is 23.7. The minimum absolute atomic E-state index is 0.111. The molecule has 1 aromatic carbocycles. The second-order valence-electron chi connectivity index (χ2n) is 7.64. The lowest BCUT2D eigenvalue weighted by molar-refractivity contribution is -0.137. The van der Waals surface area contributed by atoms with Gasteiger partial charge in [-0.3, -0.25) is 14.7 Å². The largest absolute Gasteiger partial charge is 0.366 e. The molecule has 2 aliphatic rings. The van der Waals surface area contributed by atoms with E-state index in [0.29, 0.717) is 31.9 Å². The zero-order valence-corrected chi connectivity index (χ0v) is 16.1. The SMILES string of the molecule is O=C(C1CCN(Cc2ccccn2)CC1)N1CCN(c2ccccc2F)CC1. The molecule has 0 atom stereocenters. The Kier molecular flexibility index (Phi) is 5.86. The van der Waals surface area contributed by atoms with E-state index in [0.717, 1.165) is 38.2 Å². The van der Waals surface area contributed by atoms with Crippen molar-refractivity contribution >= 4 is 11.6 Å². The van der Waals surface area contributed by atoms with Crippen molar-refractivity contribution in [1.29, 1.82) is 0 Å². The fourth-order valence-electron chi connectivity index (χ4n) is 4.19. The van der Waals surface area contributed by atoms with Crippen molar-refractivity contribution in [3.05, 3.63) is 60.2 Å². The molecule has 0 aliphatic carbocycles. The average Bonchev–Trinajstić information content (AvgIpc) is 2.75. The van der Waals surface area contributed by atoms with Gasteiger partial charge in [-0.2, -0.15) is 0 Å². The van der Waals surface area contributed by atoms with E-state index < -0.39 is 0 Å². The maximum absolute atomic E-state index is 14.0. The Balaban J connectivity index is 1.25. The summed E-state index contributed by atoms with van der Waals surface area (Å²) in [6.07, 6.45) is 3.63. The smallest absolute Gasteiger partial charge is 0.225 e. The van der Waals surface area contributed by atoms with Crippen molar-refractivity contribution in [3.63, 3.8) is 0 Å². The highest BCUT2D eigenvalue weighted by atomic mass is 19.1. The number of anilines is 1. The molecule has 2 fully saturated rings. The lowest BCUT2D eigenvalue weighted by Crippen LogP contribution is -2.51. The summed E-state index contributed by atoms with van der Waals surface area (Å²) in [6.45, 7) is 5.42. The first kappa shape index (κ1) is 18.9. The number of carbonyl (C=O) groups is 1. The normalized spacial score (nSPS) is 19.0. The van der Waals surface area contributed by atoms with Crippen molar-refractivity contribution in [3.8, 4) is 0 Å². The third-order valence-electron chi connectivity index (χ3n) is 5.83. The third kappa shape index (κ3) is 4.33. The lowest BCUT2D eigenvalue weighted by Gasteiger charge is -2.39. The average molecular weight is 382 g/mol. The Morgan fingerprint density at radius 3 is 2.36 bits per heavy atom. The molecule has 0 spiro atoms. The molecule has 1 aromatic heterocycles. The van der Waals surface area contributed by atoms with Gasteiger partial charge in [-0.15, -0.1) is 0 Å². The molecule has 5 nitrogen and oxygen atoms in total. The van der Waals surface area contributed by atoms with Gasteiger partial charge in [0.25, 0.3) is 0 Å². The number of nitrogens with zero attached hydrogens (tertiary/aromatic N) is 4. The Hall–Kier alpha value is -2.47. The first-order valence-corrected chi connectivity index (χ1v) is 10.1. The Morgan fingerprint density at radius 2 is 1.68 bits per heavy atom. The number of pyridine rings is 1. The molecule has 0 bridgehead atoms. The number of likely N-dealkylation sites (tertiary alicyclic amines) is 1. The minimum atomic E-state index is -0.192. The van der Waals surface area contributed by atoms with Crippen molar-refractivity contribution in [2.45, 2.75) is 19.4 Å². The molecular weight excluding hydrogens is 355 g/mol. The van der Waals surface area contributed by atoms with Crippen LogP contribution in [0.15, 0.2) is 48.7 Å². The first-order chi connectivity index (χ1) is 13.7. The number of aromatic nitrogens is 1. The van der Waals surface area contributed by atoms with Gasteiger partial charge in [0.1, 0.15) is 5.82 Å². The highest BCUT2D eigenvalue weighted by molar-refractivity contribution is 5.79. The minimum Gasteiger partial charge on any atom is -0.366 e. The topological polar surface area (TPSA) is 39.7 Å². The van der Waals surface area contributed by atoms with E-state index in [9.17, 15) is 9.18 Å². The third-order valence-corrected chi connectivity index (χ3v) is 5.83. The van der Waals surface area contributed by atoms with Gasteiger partial charge < -0.3 is 9.80 Å². The first-order valence-electron chi connectivity index (χ1n) is 10.1. The van der Waals surface area contributed by atoms with E-state index in [1.807, 2.05) is 46.3 Å². The fraction of sp³-hybridized carbons (Fsp3) is 0.455. The van der Waals surface area contributed by atoms with Gasteiger partial charge in [0.15, 0.2) is 0 Å². The molecule has 0 radical (unpaired) electrons. The second kappa shape index (κ2) is 8.69. The summed E-state index contributed by atoms with van der Waals surface area (Å²) in [5.41, 5.74) is 1.72. The van der Waals surface area contributed by atoms with Crippen LogP contribution >= 0.6 is 0 Å². The predicted octanol–water partition coefficient (Wildman–Crippen LogP) is 2.78. The number of halogens is 1. The van der Waals surface area contributed by atoms with E-state index in [-0.39, 0.29) is 17.6 Å². The molecular formula is C22H27FN4O. The van der Waals surface area contributed by atoms with Crippen LogP contribution in [0.4, 0.5) is 10.1 Å². The van der Waals surface area contributed by atoms with Crippen LogP contribution in [-0.4, -0.2) is 60.0 Å². The van der Waals surface area contributed by atoms with Crippen molar-refractivity contribution in [2.24, 2.45) is 5.92 Å². The maximum atomic E-state index is 14.0. The monoisotopic (exact) mass is 382 g/mol. The van der Waals surface area contributed by atoms with Crippen molar-refractivity contribution < 1.29 is 9.18 Å². The Labute approximate surface area is 165 Å². The molecule has 0 unspecified atom stereocenters. The lowest BCUT2D eigenvalue weighted by atomic mass is 9.95. The van der Waals surface area contributed by atoms with Gasteiger partial charge in [0.05, 0.1) is 11.4 Å². The summed E-state index contributed by atoms with van der Waals surface area (Å²) < 4.78 is 14.0. The molecule has 28 heavy (non-hydrogen) atoms. The molecule has 4 rings (SSSR count). The van der Waals surface area contributed by atoms with Crippen LogP contribution in [0.3, 0.4) is 0 Å². The molecule has 1 amide bonds. The van der Waals surface area contributed by atoms with Gasteiger partial charge in [0.2, 0.25) is 5.91 Å². The van der Waals surface area contributed by atoms with Crippen LogP contribution in [0.2, 0.25) is 0 Å². The van der Waals surface area contributed by atoms with E-state index in [2.05, 4.69) is 9.88 Å². The van der Waals surface area contributed by atoms with Crippen LogP contribution < -0.4 is 4.90 Å². The molecule has 2 aromatic rings. The van der Waals surface area contributed by atoms with Gasteiger partial charge >= 0.3 is 0 Å². The van der Waals surface area contributed by atoms with E-state index in [1.165, 1.54) is 6.07 Å². The number of hydrogen-bond acceptors (Lipinski definition) is 4. The molecule has 6 heteroatoms. The Morgan fingerprint density at radius 1 is 0.964 bits per heavy atom. The second-order valence-corrected chi connectivity index (χ2v) is 7.64. The molecule has 0 saturated carbocycles. The van der Waals surface area contributed by atoms with Gasteiger partial charge in [-0.05, 0) is 50.2 Å². The quantitative estimate of drug-likeness (QED) is 0.815. The van der Waals surface area contributed by atoms with Gasteiger partial charge in [-0.25, -0.2) is 4.39 Å². The maximum Gasteiger partial charge on any atom is 0.225 e. The number of amides is 1. The highest BCUT2D eigenvalue weighted by Crippen LogP contribution is 2.24. The summed E-state index contributed by atoms with van der Waals surface area (Å²) in [5, 5.41) is 0. The predicted molar refractivity (Wildman–Crippen MR) is 107 cm³/mol. The van der Waals surface area contributed by atoms with E-state index in [1.54, 1.807) is 6.07 Å². The zero-order valence-electron chi connectivity index (χ0n) is 16.1. The number of piperidine rings is 1. The fourth-order valence-corrected chi connectivity index (χ4v) is 4.19. The molecule has 2 aliphatic heterocycles. The number of piperazine rings is 1. The van der Waals surface area contributed by atoms with Crippen molar-refractivity contribution in [1.82, 2.24) is 14.8 Å². The number of rotatable bonds is 4. The number of benzene rings is 1. The molecule has 2 saturated heterocycles. The van der Waals surface area contributed by atoms with Crippen LogP contribution in [0.1, 0.15) is 18.5 Å². The molecule has 0 N–H and O–H groups in total. The summed E-state index contributed by atoms with van der Waals surface area (Å²) in [6, 6.07) is 12.9. The summed E-state index contributed by atoms with van der Waals surface area (Å²) in [7, 11) is 0. The van der Waals surface area contributed by atoms with Gasteiger partial charge in [0, 0.05) is 44.8 Å².